The molecule has 1 heterocycles. The first kappa shape index (κ1) is 19.8. The number of rotatable bonds is 7. The van der Waals surface area contributed by atoms with Crippen molar-refractivity contribution in [1.29, 1.82) is 5.26 Å². The Morgan fingerprint density at radius 3 is 2.69 bits per heavy atom. The van der Waals surface area contributed by atoms with Crippen LogP contribution < -0.4 is 9.47 Å². The smallest absolute Gasteiger partial charge is 0.175 e. The highest BCUT2D eigenvalue weighted by atomic mass is 16.6. The molecule has 0 amide bonds. The first-order chi connectivity index (χ1) is 14.1. The van der Waals surface area contributed by atoms with Crippen LogP contribution in [0, 0.1) is 11.3 Å². The highest BCUT2D eigenvalue weighted by Crippen LogP contribution is 2.25. The number of para-hydroxylation sites is 2. The summed E-state index contributed by atoms with van der Waals surface area (Å²) < 4.78 is 10.5. The standard InChI is InChI=1S/C21H20N4O4/c1-13(15-9-8-14(27-2)10-20(15)28-3)25-29-12-19(26)16(11-22)21-23-17-6-4-5-7-18(17)24-21/h4-10,26H,12H2,1-3H3,(H,23,24)/b19-16-,25-13-. The van der Waals surface area contributed by atoms with E-state index >= 15 is 0 Å². The zero-order chi connectivity index (χ0) is 20.8. The molecule has 0 aliphatic carbocycles. The van der Waals surface area contributed by atoms with Gasteiger partial charge in [-0.2, -0.15) is 5.26 Å². The number of hydrogen-bond donors (Lipinski definition) is 2. The second kappa shape index (κ2) is 8.80. The molecule has 0 fully saturated rings. The van der Waals surface area contributed by atoms with Crippen LogP contribution in [0.3, 0.4) is 0 Å². The Morgan fingerprint density at radius 2 is 2.00 bits per heavy atom. The molecule has 0 unspecified atom stereocenters. The number of nitriles is 1. The van der Waals surface area contributed by atoms with E-state index in [2.05, 4.69) is 15.1 Å². The number of oxime groups is 1. The lowest BCUT2D eigenvalue weighted by Gasteiger charge is -2.10. The topological polar surface area (TPSA) is 113 Å². The number of methoxy groups -OCH3 is 2. The van der Waals surface area contributed by atoms with E-state index in [1.54, 1.807) is 39.3 Å². The number of aliphatic hydroxyl groups is 1. The molecule has 8 nitrogen and oxygen atoms in total. The summed E-state index contributed by atoms with van der Waals surface area (Å²) >= 11 is 0. The van der Waals surface area contributed by atoms with E-state index in [9.17, 15) is 10.4 Å². The molecule has 0 spiro atoms. The van der Waals surface area contributed by atoms with Crippen LogP contribution in [-0.2, 0) is 4.84 Å². The summed E-state index contributed by atoms with van der Waals surface area (Å²) in [6, 6.07) is 14.6. The van der Waals surface area contributed by atoms with Gasteiger partial charge in [0.25, 0.3) is 0 Å². The van der Waals surface area contributed by atoms with Crippen molar-refractivity contribution in [2.75, 3.05) is 20.8 Å². The zero-order valence-electron chi connectivity index (χ0n) is 16.3. The van der Waals surface area contributed by atoms with Gasteiger partial charge in [-0.3, -0.25) is 0 Å². The van der Waals surface area contributed by atoms with Crippen molar-refractivity contribution in [3.8, 4) is 17.6 Å². The predicted molar refractivity (Wildman–Crippen MR) is 109 cm³/mol. The van der Waals surface area contributed by atoms with Gasteiger partial charge in [0, 0.05) is 11.6 Å². The molecule has 0 aliphatic heterocycles. The molecule has 0 aliphatic rings. The Kier molecular flexibility index (Phi) is 6.00. The monoisotopic (exact) mass is 392 g/mol. The SMILES string of the molecule is COc1ccc(/C(C)=N\OC/C(O)=C(\C#N)c2nc3ccccc3[nH]2)c(OC)c1. The third-order valence-electron chi connectivity index (χ3n) is 4.23. The second-order valence-electron chi connectivity index (χ2n) is 6.05. The molecule has 148 valence electrons. The minimum Gasteiger partial charge on any atom is -0.507 e. The van der Waals surface area contributed by atoms with Gasteiger partial charge < -0.3 is 24.4 Å². The van der Waals surface area contributed by atoms with Crippen molar-refractivity contribution >= 4 is 22.3 Å². The summed E-state index contributed by atoms with van der Waals surface area (Å²) in [6.07, 6.45) is 0. The fourth-order valence-corrected chi connectivity index (χ4v) is 2.73. The Labute approximate surface area is 167 Å². The van der Waals surface area contributed by atoms with Gasteiger partial charge in [-0.05, 0) is 31.2 Å². The molecule has 0 bridgehead atoms. The highest BCUT2D eigenvalue weighted by molar-refractivity contribution is 6.01. The molecule has 0 saturated heterocycles. The van der Waals surface area contributed by atoms with E-state index < -0.39 is 0 Å². The van der Waals surface area contributed by atoms with E-state index in [-0.39, 0.29) is 23.8 Å². The van der Waals surface area contributed by atoms with Gasteiger partial charge in [0.05, 0.1) is 31.0 Å². The first-order valence-corrected chi connectivity index (χ1v) is 8.73. The highest BCUT2D eigenvalue weighted by Gasteiger charge is 2.14. The maximum absolute atomic E-state index is 10.3. The van der Waals surface area contributed by atoms with Gasteiger partial charge in [0.15, 0.2) is 18.2 Å². The number of nitrogens with one attached hydrogen (secondary N) is 1. The van der Waals surface area contributed by atoms with Crippen molar-refractivity contribution in [3.05, 3.63) is 59.6 Å². The van der Waals surface area contributed by atoms with E-state index in [1.165, 1.54) is 0 Å². The Balaban J connectivity index is 1.78. The normalized spacial score (nSPS) is 12.3. The molecule has 1 aromatic heterocycles. The Hall–Kier alpha value is -3.99. The molecule has 8 heteroatoms. The first-order valence-electron chi connectivity index (χ1n) is 8.73. The number of imidazole rings is 1. The summed E-state index contributed by atoms with van der Waals surface area (Å²) in [6.45, 7) is 1.46. The molecule has 2 aromatic carbocycles. The van der Waals surface area contributed by atoms with Crippen LogP contribution >= 0.6 is 0 Å². The lowest BCUT2D eigenvalue weighted by atomic mass is 10.1. The molecule has 0 saturated carbocycles. The van der Waals surface area contributed by atoms with Crippen LogP contribution in [0.2, 0.25) is 0 Å². The van der Waals surface area contributed by atoms with Crippen LogP contribution in [0.4, 0.5) is 0 Å². The molecule has 3 aromatic rings. The number of H-pyrrole nitrogens is 1. The van der Waals surface area contributed by atoms with Gasteiger partial charge in [-0.15, -0.1) is 0 Å². The maximum atomic E-state index is 10.3. The largest absolute Gasteiger partial charge is 0.507 e. The lowest BCUT2D eigenvalue weighted by Crippen LogP contribution is -2.03. The number of benzene rings is 2. The zero-order valence-corrected chi connectivity index (χ0v) is 16.3. The molecule has 0 atom stereocenters. The number of fused-ring (bicyclic) bond motifs is 1. The van der Waals surface area contributed by atoms with Gasteiger partial charge in [0.1, 0.15) is 23.1 Å². The van der Waals surface area contributed by atoms with Gasteiger partial charge in [0.2, 0.25) is 0 Å². The van der Waals surface area contributed by atoms with Crippen LogP contribution in [0.15, 0.2) is 53.4 Å². The van der Waals surface area contributed by atoms with Crippen molar-refractivity contribution in [1.82, 2.24) is 9.97 Å². The third kappa shape index (κ3) is 4.30. The fourth-order valence-electron chi connectivity index (χ4n) is 2.73. The molecule has 3 rings (SSSR count). The number of ether oxygens (including phenoxy) is 2. The fraction of sp³-hybridized carbons (Fsp3) is 0.190. The van der Waals surface area contributed by atoms with Crippen LogP contribution in [-0.4, -0.2) is 41.6 Å². The number of aliphatic hydroxyl groups excluding tert-OH is 1. The summed E-state index contributed by atoms with van der Waals surface area (Å²) in [5.74, 6) is 1.23. The quantitative estimate of drug-likeness (QED) is 0.274. The molecule has 2 N–H and O–H groups in total. The van der Waals surface area contributed by atoms with Crippen molar-refractivity contribution in [2.24, 2.45) is 5.16 Å². The van der Waals surface area contributed by atoms with Gasteiger partial charge in [-0.25, -0.2) is 4.98 Å². The van der Waals surface area contributed by atoms with Crippen molar-refractivity contribution in [3.63, 3.8) is 0 Å². The number of allylic oxidation sites excluding steroid dienone is 1. The molecular formula is C21H20N4O4. The average Bonchev–Trinajstić information content (AvgIpc) is 3.17. The van der Waals surface area contributed by atoms with Crippen LogP contribution in [0.5, 0.6) is 11.5 Å². The summed E-state index contributed by atoms with van der Waals surface area (Å²) in [5.41, 5.74) is 2.72. The summed E-state index contributed by atoms with van der Waals surface area (Å²) in [4.78, 5) is 12.6. The third-order valence-corrected chi connectivity index (χ3v) is 4.23. The molecule has 0 radical (unpaired) electrons. The van der Waals surface area contributed by atoms with Gasteiger partial charge in [-0.1, -0.05) is 17.3 Å². The minimum atomic E-state index is -0.282. The number of nitrogens with zero attached hydrogens (tertiary/aromatic N) is 3. The van der Waals surface area contributed by atoms with E-state index in [4.69, 9.17) is 14.3 Å². The van der Waals surface area contributed by atoms with Crippen molar-refractivity contribution in [2.45, 2.75) is 6.92 Å². The minimum absolute atomic E-state index is 0.00363. The van der Waals surface area contributed by atoms with E-state index in [1.807, 2.05) is 30.3 Å². The lowest BCUT2D eigenvalue weighted by molar-refractivity contribution is 0.137. The van der Waals surface area contributed by atoms with Crippen LogP contribution in [0.1, 0.15) is 18.3 Å². The second-order valence-corrected chi connectivity index (χ2v) is 6.05. The van der Waals surface area contributed by atoms with Crippen LogP contribution in [0.25, 0.3) is 16.6 Å². The van der Waals surface area contributed by atoms with E-state index in [0.29, 0.717) is 22.7 Å². The maximum Gasteiger partial charge on any atom is 0.175 e. The van der Waals surface area contributed by atoms with Crippen molar-refractivity contribution < 1.29 is 19.4 Å². The number of hydrogen-bond acceptors (Lipinski definition) is 7. The number of aromatic amines is 1. The molecular weight excluding hydrogens is 372 g/mol. The predicted octanol–water partition coefficient (Wildman–Crippen LogP) is 3.81. The van der Waals surface area contributed by atoms with Gasteiger partial charge >= 0.3 is 0 Å². The Bertz CT molecular complexity index is 1090. The Morgan fingerprint density at radius 1 is 1.21 bits per heavy atom. The summed E-state index contributed by atoms with van der Waals surface area (Å²) in [7, 11) is 3.12. The average molecular weight is 392 g/mol. The summed E-state index contributed by atoms with van der Waals surface area (Å²) in [5, 5.41) is 23.7. The molecule has 29 heavy (non-hydrogen) atoms. The number of aromatic nitrogens is 2. The van der Waals surface area contributed by atoms with E-state index in [0.717, 1.165) is 11.1 Å².